The molecule has 0 amide bonds. The highest BCUT2D eigenvalue weighted by molar-refractivity contribution is 7.09. The van der Waals surface area contributed by atoms with E-state index in [4.69, 9.17) is 4.74 Å². The van der Waals surface area contributed by atoms with Gasteiger partial charge in [-0.3, -0.25) is 4.98 Å². The lowest BCUT2D eigenvalue weighted by atomic mass is 10.1. The number of rotatable bonds is 8. The van der Waals surface area contributed by atoms with Crippen LogP contribution in [0.1, 0.15) is 25.1 Å². The summed E-state index contributed by atoms with van der Waals surface area (Å²) in [5.41, 5.74) is 1.86. The van der Waals surface area contributed by atoms with E-state index in [1.165, 1.54) is 4.88 Å². The van der Waals surface area contributed by atoms with Gasteiger partial charge < -0.3 is 10.1 Å². The van der Waals surface area contributed by atoms with Gasteiger partial charge >= 0.3 is 0 Å². The minimum Gasteiger partial charge on any atom is -0.380 e. The topological polar surface area (TPSA) is 34.1 Å². The van der Waals surface area contributed by atoms with Crippen LogP contribution in [0.5, 0.6) is 0 Å². The maximum atomic E-state index is 5.49. The molecule has 0 fully saturated rings. The number of aromatic nitrogens is 1. The largest absolute Gasteiger partial charge is 0.380 e. The molecule has 1 aromatic heterocycles. The van der Waals surface area contributed by atoms with Crippen LogP contribution in [0, 0.1) is 5.92 Å². The molecule has 0 aromatic carbocycles. The van der Waals surface area contributed by atoms with Crippen molar-refractivity contribution < 1.29 is 4.74 Å². The summed E-state index contributed by atoms with van der Waals surface area (Å²) in [4.78, 5) is 5.29. The minimum atomic E-state index is 0.732. The van der Waals surface area contributed by atoms with Crippen LogP contribution in [0.3, 0.4) is 0 Å². The van der Waals surface area contributed by atoms with Gasteiger partial charge in [0.15, 0.2) is 0 Å². The Morgan fingerprint density at radius 2 is 2.33 bits per heavy atom. The number of hydrogen-bond acceptors (Lipinski definition) is 4. The first-order chi connectivity index (χ1) is 7.29. The molecule has 0 saturated heterocycles. The molecule has 3 nitrogen and oxygen atoms in total. The Balaban J connectivity index is 1.85. The molecule has 86 valence electrons. The van der Waals surface area contributed by atoms with E-state index in [1.54, 1.807) is 11.3 Å². The summed E-state index contributed by atoms with van der Waals surface area (Å²) >= 11 is 1.68. The molecule has 0 radical (unpaired) electrons. The summed E-state index contributed by atoms with van der Waals surface area (Å²) in [5, 5.41) is 3.32. The number of nitrogens with one attached hydrogen (secondary N) is 1. The van der Waals surface area contributed by atoms with Crippen molar-refractivity contribution in [2.75, 3.05) is 19.8 Å². The molecule has 0 bridgehead atoms. The fraction of sp³-hybridized carbons (Fsp3) is 0.727. The second-order valence-electron chi connectivity index (χ2n) is 3.94. The third-order valence-electron chi connectivity index (χ3n) is 2.05. The molecule has 0 aliphatic carbocycles. The van der Waals surface area contributed by atoms with E-state index in [0.29, 0.717) is 0 Å². The van der Waals surface area contributed by atoms with Crippen molar-refractivity contribution in [1.82, 2.24) is 10.3 Å². The van der Waals surface area contributed by atoms with Gasteiger partial charge in [0.25, 0.3) is 0 Å². The van der Waals surface area contributed by atoms with E-state index >= 15 is 0 Å². The average molecular weight is 228 g/mol. The zero-order valence-corrected chi connectivity index (χ0v) is 10.3. The second kappa shape index (κ2) is 7.79. The van der Waals surface area contributed by atoms with E-state index in [2.05, 4.69) is 24.1 Å². The van der Waals surface area contributed by atoms with Gasteiger partial charge in [0.1, 0.15) is 0 Å². The van der Waals surface area contributed by atoms with E-state index in [9.17, 15) is 0 Å². The van der Waals surface area contributed by atoms with Crippen molar-refractivity contribution in [3.63, 3.8) is 0 Å². The van der Waals surface area contributed by atoms with E-state index in [0.717, 1.165) is 38.6 Å². The normalized spacial score (nSPS) is 11.1. The van der Waals surface area contributed by atoms with Crippen LogP contribution in [0.25, 0.3) is 0 Å². The summed E-state index contributed by atoms with van der Waals surface area (Å²) in [6.45, 7) is 7.91. The Morgan fingerprint density at radius 1 is 1.47 bits per heavy atom. The molecule has 4 heteroatoms. The van der Waals surface area contributed by atoms with Gasteiger partial charge in [-0.05, 0) is 12.3 Å². The monoisotopic (exact) mass is 228 g/mol. The first-order valence-electron chi connectivity index (χ1n) is 5.45. The number of nitrogens with zero attached hydrogens (tertiary/aromatic N) is 1. The summed E-state index contributed by atoms with van der Waals surface area (Å²) < 4.78 is 5.49. The van der Waals surface area contributed by atoms with Gasteiger partial charge in [-0.2, -0.15) is 0 Å². The van der Waals surface area contributed by atoms with Crippen molar-refractivity contribution in [1.29, 1.82) is 0 Å². The van der Waals surface area contributed by atoms with Crippen molar-refractivity contribution in [3.05, 3.63) is 16.6 Å². The van der Waals surface area contributed by atoms with Crippen molar-refractivity contribution in [3.8, 4) is 0 Å². The van der Waals surface area contributed by atoms with E-state index < -0.39 is 0 Å². The van der Waals surface area contributed by atoms with Crippen LogP contribution >= 0.6 is 11.3 Å². The van der Waals surface area contributed by atoms with Gasteiger partial charge in [-0.25, -0.2) is 0 Å². The number of ether oxygens (including phenoxy) is 1. The molecule has 0 spiro atoms. The lowest BCUT2D eigenvalue weighted by molar-refractivity contribution is 0.125. The maximum absolute atomic E-state index is 5.49. The van der Waals surface area contributed by atoms with Gasteiger partial charge in [0.2, 0.25) is 0 Å². The summed E-state index contributed by atoms with van der Waals surface area (Å²) in [5.74, 6) is 0.732. The Hall–Kier alpha value is -0.450. The molecule has 0 aliphatic heterocycles. The SMILES string of the molecule is CC(C)CCOCCNCc1cncs1. The van der Waals surface area contributed by atoms with Crippen molar-refractivity contribution in [2.24, 2.45) is 5.92 Å². The summed E-state index contributed by atoms with van der Waals surface area (Å²) in [7, 11) is 0. The predicted octanol–water partition coefficient (Wildman–Crippen LogP) is 2.30. The number of thiazole rings is 1. The lowest BCUT2D eigenvalue weighted by Gasteiger charge is -2.06. The van der Waals surface area contributed by atoms with Crippen LogP contribution in [0.4, 0.5) is 0 Å². The van der Waals surface area contributed by atoms with Gasteiger partial charge in [0.05, 0.1) is 12.1 Å². The molecule has 0 atom stereocenters. The van der Waals surface area contributed by atoms with Crippen LogP contribution in [-0.4, -0.2) is 24.7 Å². The molecule has 1 aromatic rings. The van der Waals surface area contributed by atoms with Crippen LogP contribution in [0.2, 0.25) is 0 Å². The molecule has 1 rings (SSSR count). The summed E-state index contributed by atoms with van der Waals surface area (Å²) in [6.07, 6.45) is 3.05. The molecule has 0 saturated carbocycles. The quantitative estimate of drug-likeness (QED) is 0.693. The van der Waals surface area contributed by atoms with E-state index in [1.807, 2.05) is 11.7 Å². The molecule has 1 N–H and O–H groups in total. The van der Waals surface area contributed by atoms with Crippen LogP contribution < -0.4 is 5.32 Å². The van der Waals surface area contributed by atoms with Gasteiger partial charge in [0, 0.05) is 30.8 Å². The Bertz CT molecular complexity index is 237. The predicted molar refractivity (Wildman–Crippen MR) is 64.1 cm³/mol. The average Bonchev–Trinajstić information content (AvgIpc) is 2.68. The molecule has 1 heterocycles. The lowest BCUT2D eigenvalue weighted by Crippen LogP contribution is -2.19. The smallest absolute Gasteiger partial charge is 0.0794 e. The minimum absolute atomic E-state index is 0.732. The van der Waals surface area contributed by atoms with Crippen LogP contribution in [-0.2, 0) is 11.3 Å². The fourth-order valence-electron chi connectivity index (χ4n) is 1.11. The highest BCUT2D eigenvalue weighted by atomic mass is 32.1. The first kappa shape index (κ1) is 12.6. The maximum Gasteiger partial charge on any atom is 0.0794 e. The summed E-state index contributed by atoms with van der Waals surface area (Å²) in [6, 6.07) is 0. The Kier molecular flexibility index (Phi) is 6.55. The molecule has 0 unspecified atom stereocenters. The number of hydrogen-bond donors (Lipinski definition) is 1. The van der Waals surface area contributed by atoms with Crippen molar-refractivity contribution >= 4 is 11.3 Å². The molecule has 15 heavy (non-hydrogen) atoms. The Morgan fingerprint density at radius 3 is 3.00 bits per heavy atom. The third-order valence-corrected chi connectivity index (χ3v) is 2.83. The highest BCUT2D eigenvalue weighted by Gasteiger charge is 1.95. The van der Waals surface area contributed by atoms with Gasteiger partial charge in [-0.1, -0.05) is 13.8 Å². The standard InChI is InChI=1S/C11H20N2OS/c1-10(2)3-5-14-6-4-12-7-11-8-13-9-15-11/h8-10,12H,3-7H2,1-2H3. The molecular formula is C11H20N2OS. The van der Waals surface area contributed by atoms with E-state index in [-0.39, 0.29) is 0 Å². The first-order valence-corrected chi connectivity index (χ1v) is 6.33. The van der Waals surface area contributed by atoms with Gasteiger partial charge in [-0.15, -0.1) is 11.3 Å². The zero-order chi connectivity index (χ0) is 10.9. The molecule has 0 aliphatic rings. The van der Waals surface area contributed by atoms with Crippen LogP contribution in [0.15, 0.2) is 11.7 Å². The zero-order valence-electron chi connectivity index (χ0n) is 9.53. The highest BCUT2D eigenvalue weighted by Crippen LogP contribution is 2.03. The Labute approximate surface area is 95.9 Å². The molecular weight excluding hydrogens is 208 g/mol. The van der Waals surface area contributed by atoms with Crippen molar-refractivity contribution in [2.45, 2.75) is 26.8 Å². The second-order valence-corrected chi connectivity index (χ2v) is 4.91. The third kappa shape index (κ3) is 6.60. The fourth-order valence-corrected chi connectivity index (χ4v) is 1.67.